The molecule has 0 heterocycles. The topological polar surface area (TPSA) is 49.8 Å². The van der Waals surface area contributed by atoms with Crippen LogP contribution >= 0.6 is 0 Å². The molecule has 0 atom stereocenters. The molecule has 54 valence electrons. The molecular formula is C9H8N2. The molecule has 0 aromatic heterocycles. The molecule has 0 spiro atoms. The van der Waals surface area contributed by atoms with Gasteiger partial charge in [-0.05, 0) is 23.8 Å². The van der Waals surface area contributed by atoms with Crippen molar-refractivity contribution in [3.63, 3.8) is 0 Å². The third-order valence-corrected chi connectivity index (χ3v) is 1.29. The first kappa shape index (κ1) is 7.36. The summed E-state index contributed by atoms with van der Waals surface area (Å²) in [6.07, 6.45) is 3.17. The standard InChI is InChI=1S/C9H8N2/c10-7-1-2-8-3-5-9(11)6-4-8/h1-6H,11H2. The van der Waals surface area contributed by atoms with Crippen molar-refractivity contribution in [2.45, 2.75) is 0 Å². The zero-order chi connectivity index (χ0) is 8.10. The molecule has 0 saturated carbocycles. The van der Waals surface area contributed by atoms with Gasteiger partial charge in [-0.3, -0.25) is 0 Å². The van der Waals surface area contributed by atoms with Gasteiger partial charge in [-0.15, -0.1) is 0 Å². The van der Waals surface area contributed by atoms with E-state index in [1.54, 1.807) is 18.2 Å². The van der Waals surface area contributed by atoms with Crippen LogP contribution in [0.4, 0.5) is 5.69 Å². The molecule has 0 aliphatic heterocycles. The maximum atomic E-state index is 8.22. The highest BCUT2D eigenvalue weighted by molar-refractivity contribution is 5.54. The van der Waals surface area contributed by atoms with E-state index >= 15 is 0 Å². The number of hydrogen-bond donors (Lipinski definition) is 1. The molecule has 11 heavy (non-hydrogen) atoms. The van der Waals surface area contributed by atoms with Crippen molar-refractivity contribution in [1.82, 2.24) is 0 Å². The van der Waals surface area contributed by atoms with E-state index in [4.69, 9.17) is 11.0 Å². The Kier molecular flexibility index (Phi) is 2.29. The van der Waals surface area contributed by atoms with E-state index in [1.165, 1.54) is 6.08 Å². The van der Waals surface area contributed by atoms with Crippen LogP contribution in [0.5, 0.6) is 0 Å². The summed E-state index contributed by atoms with van der Waals surface area (Å²) in [7, 11) is 0. The van der Waals surface area contributed by atoms with Gasteiger partial charge in [-0.2, -0.15) is 5.26 Å². The van der Waals surface area contributed by atoms with E-state index in [2.05, 4.69) is 0 Å². The van der Waals surface area contributed by atoms with Crippen LogP contribution in [-0.4, -0.2) is 0 Å². The third kappa shape index (κ3) is 2.15. The fraction of sp³-hybridized carbons (Fsp3) is 0. The molecule has 2 heteroatoms. The predicted octanol–water partition coefficient (Wildman–Crippen LogP) is 1.81. The molecule has 1 aromatic carbocycles. The maximum absolute atomic E-state index is 8.22. The first-order valence-electron chi connectivity index (χ1n) is 3.24. The second-order valence-electron chi connectivity index (χ2n) is 2.13. The number of benzene rings is 1. The van der Waals surface area contributed by atoms with Crippen molar-refractivity contribution >= 4 is 11.8 Å². The molecule has 0 amide bonds. The van der Waals surface area contributed by atoms with E-state index in [0.717, 1.165) is 11.3 Å². The molecule has 0 radical (unpaired) electrons. The van der Waals surface area contributed by atoms with Crippen LogP contribution in [0.3, 0.4) is 0 Å². The van der Waals surface area contributed by atoms with Crippen molar-refractivity contribution in [2.24, 2.45) is 0 Å². The van der Waals surface area contributed by atoms with Crippen LogP contribution in [0, 0.1) is 11.3 Å². The summed E-state index contributed by atoms with van der Waals surface area (Å²) < 4.78 is 0. The lowest BCUT2D eigenvalue weighted by atomic mass is 10.2. The Balaban J connectivity index is 2.84. The zero-order valence-electron chi connectivity index (χ0n) is 5.99. The van der Waals surface area contributed by atoms with Crippen LogP contribution in [0.1, 0.15) is 5.56 Å². The van der Waals surface area contributed by atoms with E-state index in [-0.39, 0.29) is 0 Å². The second kappa shape index (κ2) is 3.43. The van der Waals surface area contributed by atoms with Gasteiger partial charge in [0.1, 0.15) is 0 Å². The lowest BCUT2D eigenvalue weighted by Gasteiger charge is -1.92. The highest BCUT2D eigenvalue weighted by Crippen LogP contribution is 2.06. The number of nitriles is 1. The van der Waals surface area contributed by atoms with Gasteiger partial charge < -0.3 is 5.73 Å². The van der Waals surface area contributed by atoms with Crippen LogP contribution < -0.4 is 5.73 Å². The minimum Gasteiger partial charge on any atom is -0.399 e. The number of allylic oxidation sites excluding steroid dienone is 1. The van der Waals surface area contributed by atoms with Gasteiger partial charge in [0.25, 0.3) is 0 Å². The lowest BCUT2D eigenvalue weighted by molar-refractivity contribution is 1.54. The fourth-order valence-electron chi connectivity index (χ4n) is 0.741. The van der Waals surface area contributed by atoms with Gasteiger partial charge in [0.2, 0.25) is 0 Å². The number of nitrogens with two attached hydrogens (primary N) is 1. The summed E-state index contributed by atoms with van der Waals surface area (Å²) in [5, 5.41) is 8.22. The Bertz CT molecular complexity index is 290. The molecule has 0 bridgehead atoms. The van der Waals surface area contributed by atoms with Gasteiger partial charge in [-0.25, -0.2) is 0 Å². The van der Waals surface area contributed by atoms with Crippen molar-refractivity contribution in [1.29, 1.82) is 5.26 Å². The van der Waals surface area contributed by atoms with Crippen molar-refractivity contribution in [3.05, 3.63) is 35.9 Å². The Labute approximate surface area is 65.6 Å². The molecule has 0 saturated heterocycles. The van der Waals surface area contributed by atoms with E-state index in [1.807, 2.05) is 18.2 Å². The summed E-state index contributed by atoms with van der Waals surface area (Å²) >= 11 is 0. The SMILES string of the molecule is N#CC=Cc1ccc(N)cc1. The van der Waals surface area contributed by atoms with E-state index in [9.17, 15) is 0 Å². The smallest absolute Gasteiger partial charge is 0.0912 e. The first-order chi connectivity index (χ1) is 5.33. The summed E-state index contributed by atoms with van der Waals surface area (Å²) in [5.41, 5.74) is 7.19. The van der Waals surface area contributed by atoms with Gasteiger partial charge >= 0.3 is 0 Å². The van der Waals surface area contributed by atoms with Crippen molar-refractivity contribution < 1.29 is 0 Å². The van der Waals surface area contributed by atoms with Crippen LogP contribution in [0.15, 0.2) is 30.3 Å². The first-order valence-corrected chi connectivity index (χ1v) is 3.24. The number of anilines is 1. The molecule has 2 N–H and O–H groups in total. The predicted molar refractivity (Wildman–Crippen MR) is 45.5 cm³/mol. The fourth-order valence-corrected chi connectivity index (χ4v) is 0.741. The number of hydrogen-bond acceptors (Lipinski definition) is 2. The van der Waals surface area contributed by atoms with Gasteiger partial charge in [0.05, 0.1) is 6.07 Å². The van der Waals surface area contributed by atoms with Crippen LogP contribution in [0.25, 0.3) is 6.08 Å². The van der Waals surface area contributed by atoms with E-state index in [0.29, 0.717) is 0 Å². The molecule has 0 unspecified atom stereocenters. The Hall–Kier alpha value is -1.75. The van der Waals surface area contributed by atoms with Crippen LogP contribution in [-0.2, 0) is 0 Å². The lowest BCUT2D eigenvalue weighted by Crippen LogP contribution is -1.82. The minimum absolute atomic E-state index is 0.735. The normalized spacial score (nSPS) is 9.73. The Morgan fingerprint density at radius 1 is 1.27 bits per heavy atom. The quantitative estimate of drug-likeness (QED) is 0.482. The van der Waals surface area contributed by atoms with Gasteiger partial charge in [0.15, 0.2) is 0 Å². The van der Waals surface area contributed by atoms with Crippen LogP contribution in [0.2, 0.25) is 0 Å². The summed E-state index contributed by atoms with van der Waals surface area (Å²) in [4.78, 5) is 0. The molecule has 2 nitrogen and oxygen atoms in total. The van der Waals surface area contributed by atoms with E-state index < -0.39 is 0 Å². The zero-order valence-corrected chi connectivity index (χ0v) is 5.99. The highest BCUT2D eigenvalue weighted by atomic mass is 14.5. The molecule has 0 aliphatic rings. The van der Waals surface area contributed by atoms with Crippen molar-refractivity contribution in [3.8, 4) is 6.07 Å². The highest BCUT2D eigenvalue weighted by Gasteiger charge is 1.84. The summed E-state index contributed by atoms with van der Waals surface area (Å²) in [6, 6.07) is 9.25. The van der Waals surface area contributed by atoms with Crippen molar-refractivity contribution in [2.75, 3.05) is 5.73 Å². The summed E-state index contributed by atoms with van der Waals surface area (Å²) in [5.74, 6) is 0. The summed E-state index contributed by atoms with van der Waals surface area (Å²) in [6.45, 7) is 0. The number of nitrogens with zero attached hydrogens (tertiary/aromatic N) is 1. The molecule has 0 fully saturated rings. The Morgan fingerprint density at radius 3 is 2.45 bits per heavy atom. The molecule has 0 aliphatic carbocycles. The molecule has 1 aromatic rings. The maximum Gasteiger partial charge on any atom is 0.0912 e. The number of rotatable bonds is 1. The minimum atomic E-state index is 0.735. The average Bonchev–Trinajstić information content (AvgIpc) is 2.04. The van der Waals surface area contributed by atoms with Gasteiger partial charge in [-0.1, -0.05) is 12.1 Å². The molecular weight excluding hydrogens is 136 g/mol. The molecule has 1 rings (SSSR count). The monoisotopic (exact) mass is 144 g/mol. The average molecular weight is 144 g/mol. The number of nitrogen functional groups attached to an aromatic ring is 1. The second-order valence-corrected chi connectivity index (χ2v) is 2.13. The largest absolute Gasteiger partial charge is 0.399 e. The third-order valence-electron chi connectivity index (χ3n) is 1.29. The Morgan fingerprint density at radius 2 is 1.91 bits per heavy atom. The van der Waals surface area contributed by atoms with Gasteiger partial charge in [0, 0.05) is 11.8 Å².